The molecule has 4 heterocycles. The molecule has 0 saturated heterocycles. The molecule has 0 aromatic carbocycles. The van der Waals surface area contributed by atoms with Crippen molar-refractivity contribution in [1.29, 1.82) is 0 Å². The minimum Gasteiger partial charge on any atom is -0.306 e. The van der Waals surface area contributed by atoms with E-state index < -0.39 is 0 Å². The average molecular weight is 324 g/mol. The van der Waals surface area contributed by atoms with E-state index in [0.29, 0.717) is 12.4 Å². The van der Waals surface area contributed by atoms with Gasteiger partial charge in [-0.2, -0.15) is 11.3 Å². The third kappa shape index (κ3) is 2.95. The van der Waals surface area contributed by atoms with Crippen LogP contribution < -0.4 is 5.56 Å². The second-order valence-corrected chi connectivity index (χ2v) is 6.45. The minimum absolute atomic E-state index is 0.0381. The smallest absolute Gasteiger partial charge is 0.255 e. The van der Waals surface area contributed by atoms with Crippen LogP contribution in [0.4, 0.5) is 0 Å². The number of rotatable bonds is 3. The van der Waals surface area contributed by atoms with Crippen molar-refractivity contribution < 1.29 is 0 Å². The summed E-state index contributed by atoms with van der Waals surface area (Å²) in [6.45, 7) is 2.46. The molecule has 3 aromatic rings. The van der Waals surface area contributed by atoms with Crippen LogP contribution in [0, 0.1) is 0 Å². The first kappa shape index (κ1) is 14.3. The van der Waals surface area contributed by atoms with Crippen LogP contribution in [0.15, 0.2) is 46.1 Å². The number of aromatic nitrogens is 3. The fourth-order valence-corrected chi connectivity index (χ4v) is 3.56. The lowest BCUT2D eigenvalue weighted by molar-refractivity contribution is 0.242. The molecular formula is C17H16N4OS. The number of thiophene rings is 1. The number of pyridine rings is 1. The summed E-state index contributed by atoms with van der Waals surface area (Å²) in [5, 5.41) is 4.24. The number of fused-ring (bicyclic) bond motifs is 1. The van der Waals surface area contributed by atoms with Crippen molar-refractivity contribution in [2.75, 3.05) is 6.54 Å². The summed E-state index contributed by atoms with van der Waals surface area (Å²) in [6, 6.07) is 5.88. The van der Waals surface area contributed by atoms with Gasteiger partial charge in [0.2, 0.25) is 0 Å². The Morgan fingerprint density at radius 3 is 3.09 bits per heavy atom. The highest BCUT2D eigenvalue weighted by Crippen LogP contribution is 2.20. The molecule has 0 aliphatic carbocycles. The van der Waals surface area contributed by atoms with Crippen LogP contribution in [-0.2, 0) is 19.5 Å². The van der Waals surface area contributed by atoms with Gasteiger partial charge in [0.15, 0.2) is 0 Å². The van der Waals surface area contributed by atoms with Gasteiger partial charge in [0.25, 0.3) is 5.56 Å². The van der Waals surface area contributed by atoms with Gasteiger partial charge in [0, 0.05) is 44.0 Å². The Hall–Kier alpha value is -2.31. The zero-order chi connectivity index (χ0) is 15.6. The Bertz CT molecular complexity index is 858. The van der Waals surface area contributed by atoms with Crippen LogP contribution >= 0.6 is 11.3 Å². The monoisotopic (exact) mass is 324 g/mol. The molecule has 1 N–H and O–H groups in total. The predicted molar refractivity (Wildman–Crippen MR) is 90.2 cm³/mol. The van der Waals surface area contributed by atoms with Crippen molar-refractivity contribution in [3.8, 4) is 11.4 Å². The third-order valence-electron chi connectivity index (χ3n) is 4.07. The summed E-state index contributed by atoms with van der Waals surface area (Å²) in [5.41, 5.74) is 3.81. The van der Waals surface area contributed by atoms with Gasteiger partial charge in [-0.25, -0.2) is 4.98 Å². The highest BCUT2D eigenvalue weighted by Gasteiger charge is 2.21. The number of aromatic amines is 1. The van der Waals surface area contributed by atoms with Crippen LogP contribution in [0.3, 0.4) is 0 Å². The lowest BCUT2D eigenvalue weighted by Gasteiger charge is -2.27. The fraction of sp³-hybridized carbons (Fsp3) is 0.235. The zero-order valence-electron chi connectivity index (χ0n) is 12.5. The highest BCUT2D eigenvalue weighted by molar-refractivity contribution is 7.07. The molecule has 4 rings (SSSR count). The lowest BCUT2D eigenvalue weighted by atomic mass is 10.1. The van der Waals surface area contributed by atoms with Crippen LogP contribution in [0.2, 0.25) is 0 Å². The molecule has 6 heteroatoms. The van der Waals surface area contributed by atoms with Gasteiger partial charge in [0.05, 0.1) is 11.3 Å². The molecule has 0 fully saturated rings. The minimum atomic E-state index is -0.0381. The molecule has 0 radical (unpaired) electrons. The molecule has 0 spiro atoms. The van der Waals surface area contributed by atoms with Crippen molar-refractivity contribution >= 4 is 11.3 Å². The van der Waals surface area contributed by atoms with E-state index in [9.17, 15) is 4.79 Å². The molecule has 116 valence electrons. The molecule has 1 aliphatic rings. The number of hydrogen-bond acceptors (Lipinski definition) is 5. The van der Waals surface area contributed by atoms with E-state index in [0.717, 1.165) is 36.3 Å². The Morgan fingerprint density at radius 1 is 1.35 bits per heavy atom. The Morgan fingerprint density at radius 2 is 2.30 bits per heavy atom. The van der Waals surface area contributed by atoms with Crippen molar-refractivity contribution in [3.05, 3.63) is 68.5 Å². The van der Waals surface area contributed by atoms with Crippen molar-refractivity contribution in [1.82, 2.24) is 19.9 Å². The number of nitrogens with zero attached hydrogens (tertiary/aromatic N) is 3. The Balaban J connectivity index is 1.62. The molecule has 0 saturated carbocycles. The van der Waals surface area contributed by atoms with E-state index in [2.05, 4.69) is 36.7 Å². The van der Waals surface area contributed by atoms with Crippen LogP contribution in [-0.4, -0.2) is 26.4 Å². The van der Waals surface area contributed by atoms with E-state index >= 15 is 0 Å². The number of H-pyrrole nitrogens is 1. The van der Waals surface area contributed by atoms with Gasteiger partial charge in [-0.3, -0.25) is 14.7 Å². The number of nitrogens with one attached hydrogen (secondary N) is 1. The van der Waals surface area contributed by atoms with E-state index in [1.165, 1.54) is 5.56 Å². The van der Waals surface area contributed by atoms with Crippen molar-refractivity contribution in [2.45, 2.75) is 19.5 Å². The largest absolute Gasteiger partial charge is 0.306 e. The Labute approximate surface area is 137 Å². The van der Waals surface area contributed by atoms with Gasteiger partial charge in [-0.1, -0.05) is 0 Å². The normalized spacial score (nSPS) is 14.6. The second kappa shape index (κ2) is 6.06. The summed E-state index contributed by atoms with van der Waals surface area (Å²) >= 11 is 1.70. The van der Waals surface area contributed by atoms with E-state index in [1.54, 1.807) is 23.7 Å². The molecule has 3 aromatic heterocycles. The maximum absolute atomic E-state index is 12.5. The zero-order valence-corrected chi connectivity index (χ0v) is 13.3. The fourth-order valence-electron chi connectivity index (χ4n) is 2.90. The molecular weight excluding hydrogens is 308 g/mol. The topological polar surface area (TPSA) is 61.9 Å². The second-order valence-electron chi connectivity index (χ2n) is 5.67. The maximum Gasteiger partial charge on any atom is 0.255 e. The molecule has 0 atom stereocenters. The van der Waals surface area contributed by atoms with Gasteiger partial charge in [-0.15, -0.1) is 0 Å². The summed E-state index contributed by atoms with van der Waals surface area (Å²) < 4.78 is 0. The summed E-state index contributed by atoms with van der Waals surface area (Å²) in [5.74, 6) is 0.605. The van der Waals surface area contributed by atoms with Crippen molar-refractivity contribution in [3.63, 3.8) is 0 Å². The predicted octanol–water partition coefficient (Wildman–Crippen LogP) is 2.45. The summed E-state index contributed by atoms with van der Waals surface area (Å²) in [6.07, 6.45) is 4.23. The van der Waals surface area contributed by atoms with Crippen LogP contribution in [0.25, 0.3) is 11.4 Å². The Kier molecular flexibility index (Phi) is 3.77. The summed E-state index contributed by atoms with van der Waals surface area (Å²) in [7, 11) is 0. The molecule has 5 nitrogen and oxygen atoms in total. The molecule has 0 bridgehead atoms. The standard InChI is InChI=1S/C17H16N4OS/c22-17-14-10-21(9-12-4-7-23-11-12)6-3-15(14)19-16(20-17)13-2-1-5-18-8-13/h1-2,4-5,7-8,11H,3,6,9-10H2,(H,19,20,22). The molecule has 23 heavy (non-hydrogen) atoms. The summed E-state index contributed by atoms with van der Waals surface area (Å²) in [4.78, 5) is 26.4. The van der Waals surface area contributed by atoms with E-state index in [4.69, 9.17) is 0 Å². The van der Waals surface area contributed by atoms with E-state index in [-0.39, 0.29) is 5.56 Å². The van der Waals surface area contributed by atoms with Crippen molar-refractivity contribution in [2.24, 2.45) is 0 Å². The lowest BCUT2D eigenvalue weighted by Crippen LogP contribution is -2.35. The first-order chi connectivity index (χ1) is 11.3. The maximum atomic E-state index is 12.5. The number of hydrogen-bond donors (Lipinski definition) is 1. The highest BCUT2D eigenvalue weighted by atomic mass is 32.1. The average Bonchev–Trinajstić information content (AvgIpc) is 3.09. The van der Waals surface area contributed by atoms with E-state index in [1.807, 2.05) is 12.1 Å². The first-order valence-corrected chi connectivity index (χ1v) is 8.50. The quantitative estimate of drug-likeness (QED) is 0.804. The SMILES string of the molecule is O=c1[nH]c(-c2cccnc2)nc2c1CN(Cc1ccsc1)CC2. The molecule has 1 aliphatic heterocycles. The van der Waals surface area contributed by atoms with Gasteiger partial charge >= 0.3 is 0 Å². The van der Waals surface area contributed by atoms with Crippen LogP contribution in [0.5, 0.6) is 0 Å². The molecule has 0 amide bonds. The molecule has 0 unspecified atom stereocenters. The van der Waals surface area contributed by atoms with Gasteiger partial charge in [-0.05, 0) is 34.5 Å². The van der Waals surface area contributed by atoms with Gasteiger partial charge in [0.1, 0.15) is 5.82 Å². The van der Waals surface area contributed by atoms with Gasteiger partial charge < -0.3 is 4.98 Å². The van der Waals surface area contributed by atoms with Crippen LogP contribution in [0.1, 0.15) is 16.8 Å². The first-order valence-electron chi connectivity index (χ1n) is 7.55. The third-order valence-corrected chi connectivity index (χ3v) is 4.80.